The molecule has 1 fully saturated rings. The highest BCUT2D eigenvalue weighted by atomic mass is 35.5. The van der Waals surface area contributed by atoms with Crippen LogP contribution in [0.4, 0.5) is 0 Å². The van der Waals surface area contributed by atoms with Crippen LogP contribution in [0, 0.1) is 0 Å². The number of sulfonamides is 1. The maximum Gasteiger partial charge on any atom is 0.245 e. The summed E-state index contributed by atoms with van der Waals surface area (Å²) in [5.74, 6) is 0. The first-order valence-corrected chi connectivity index (χ1v) is 8.66. The fourth-order valence-corrected chi connectivity index (χ4v) is 4.55. The zero-order valence-electron chi connectivity index (χ0n) is 11.0. The van der Waals surface area contributed by atoms with Gasteiger partial charge in [0.05, 0.1) is 11.1 Å². The Morgan fingerprint density at radius 3 is 2.86 bits per heavy atom. The van der Waals surface area contributed by atoms with Crippen LogP contribution in [0.15, 0.2) is 35.5 Å². The van der Waals surface area contributed by atoms with Crippen LogP contribution in [0.2, 0.25) is 10.2 Å². The maximum atomic E-state index is 12.8. The predicted octanol–water partition coefficient (Wildman–Crippen LogP) is 3.24. The van der Waals surface area contributed by atoms with E-state index >= 15 is 0 Å². The van der Waals surface area contributed by atoms with Crippen molar-refractivity contribution in [3.63, 3.8) is 0 Å². The number of halogens is 2. The Bertz CT molecular complexity index is 747. The van der Waals surface area contributed by atoms with Gasteiger partial charge in [-0.2, -0.15) is 4.31 Å². The molecule has 21 heavy (non-hydrogen) atoms. The van der Waals surface area contributed by atoms with Crippen molar-refractivity contribution in [1.29, 1.82) is 0 Å². The molecule has 8 heteroatoms. The molecule has 3 rings (SSSR count). The average Bonchev–Trinajstić information content (AvgIpc) is 3.11. The van der Waals surface area contributed by atoms with Crippen LogP contribution in [0.5, 0.6) is 0 Å². The summed E-state index contributed by atoms with van der Waals surface area (Å²) in [5, 5.41) is 0.228. The Kier molecular flexibility index (Phi) is 3.96. The van der Waals surface area contributed by atoms with Crippen molar-refractivity contribution in [2.75, 3.05) is 6.54 Å². The molecule has 0 bridgehead atoms. The SMILES string of the molecule is O=S(=O)(c1cnc(Cl)c(Cl)c1)N1CCCC1c1ccc[nH]1. The summed E-state index contributed by atoms with van der Waals surface area (Å²) in [6.45, 7) is 0.478. The van der Waals surface area contributed by atoms with E-state index in [1.54, 1.807) is 6.20 Å². The van der Waals surface area contributed by atoms with Crippen molar-refractivity contribution >= 4 is 33.2 Å². The van der Waals surface area contributed by atoms with E-state index in [0.29, 0.717) is 6.54 Å². The molecule has 1 unspecified atom stereocenters. The van der Waals surface area contributed by atoms with Crippen LogP contribution in [-0.2, 0) is 10.0 Å². The Labute approximate surface area is 132 Å². The third-order valence-corrected chi connectivity index (χ3v) is 6.12. The van der Waals surface area contributed by atoms with Gasteiger partial charge in [0.1, 0.15) is 10.0 Å². The van der Waals surface area contributed by atoms with E-state index in [0.717, 1.165) is 18.5 Å². The number of pyridine rings is 1. The Morgan fingerprint density at radius 1 is 1.38 bits per heavy atom. The number of nitrogens with one attached hydrogen (secondary N) is 1. The maximum absolute atomic E-state index is 12.8. The fourth-order valence-electron chi connectivity index (χ4n) is 2.57. The van der Waals surface area contributed by atoms with Gasteiger partial charge in [-0.15, -0.1) is 0 Å². The second-order valence-electron chi connectivity index (χ2n) is 4.84. The number of hydrogen-bond donors (Lipinski definition) is 1. The number of H-pyrrole nitrogens is 1. The molecule has 1 saturated heterocycles. The van der Waals surface area contributed by atoms with Crippen LogP contribution in [0.25, 0.3) is 0 Å². The fraction of sp³-hybridized carbons (Fsp3) is 0.308. The van der Waals surface area contributed by atoms with Gasteiger partial charge < -0.3 is 4.98 Å². The zero-order chi connectivity index (χ0) is 15.0. The van der Waals surface area contributed by atoms with E-state index in [1.807, 2.05) is 12.1 Å². The molecule has 3 heterocycles. The van der Waals surface area contributed by atoms with Gasteiger partial charge in [0.25, 0.3) is 0 Å². The smallest absolute Gasteiger partial charge is 0.245 e. The first kappa shape index (κ1) is 14.8. The highest BCUT2D eigenvalue weighted by Gasteiger charge is 2.37. The van der Waals surface area contributed by atoms with E-state index in [9.17, 15) is 8.42 Å². The van der Waals surface area contributed by atoms with Gasteiger partial charge in [0.15, 0.2) is 0 Å². The minimum Gasteiger partial charge on any atom is -0.364 e. The molecule has 1 aliphatic rings. The average molecular weight is 346 g/mol. The monoisotopic (exact) mass is 345 g/mol. The molecule has 0 aromatic carbocycles. The molecule has 1 aliphatic heterocycles. The van der Waals surface area contributed by atoms with Crippen LogP contribution < -0.4 is 0 Å². The Morgan fingerprint density at radius 2 is 2.19 bits per heavy atom. The highest BCUT2D eigenvalue weighted by Crippen LogP contribution is 2.36. The summed E-state index contributed by atoms with van der Waals surface area (Å²) in [4.78, 5) is 6.97. The van der Waals surface area contributed by atoms with Crippen molar-refractivity contribution in [3.8, 4) is 0 Å². The summed E-state index contributed by atoms with van der Waals surface area (Å²) in [7, 11) is -3.65. The van der Waals surface area contributed by atoms with Gasteiger partial charge in [-0.25, -0.2) is 13.4 Å². The molecule has 0 spiro atoms. The van der Waals surface area contributed by atoms with Gasteiger partial charge in [0.2, 0.25) is 10.0 Å². The molecule has 1 N–H and O–H groups in total. The summed E-state index contributed by atoms with van der Waals surface area (Å²) in [6.07, 6.45) is 4.64. The minimum absolute atomic E-state index is 0.0651. The molecular formula is C13H13Cl2N3O2S. The lowest BCUT2D eigenvalue weighted by Gasteiger charge is -2.23. The summed E-state index contributed by atoms with van der Waals surface area (Å²) >= 11 is 11.6. The lowest BCUT2D eigenvalue weighted by molar-refractivity contribution is 0.391. The number of rotatable bonds is 3. The molecule has 2 aromatic heterocycles. The number of nitrogens with zero attached hydrogens (tertiary/aromatic N) is 2. The first-order valence-electron chi connectivity index (χ1n) is 6.46. The largest absolute Gasteiger partial charge is 0.364 e. The molecule has 2 aromatic rings. The van der Waals surface area contributed by atoms with Crippen molar-refractivity contribution in [2.24, 2.45) is 0 Å². The van der Waals surface area contributed by atoms with E-state index in [-0.39, 0.29) is 21.1 Å². The van der Waals surface area contributed by atoms with Gasteiger partial charge in [-0.1, -0.05) is 23.2 Å². The second-order valence-corrected chi connectivity index (χ2v) is 7.50. The molecule has 1 atom stereocenters. The summed E-state index contributed by atoms with van der Waals surface area (Å²) in [6, 6.07) is 4.92. The van der Waals surface area contributed by atoms with E-state index in [2.05, 4.69) is 9.97 Å². The lowest BCUT2D eigenvalue weighted by atomic mass is 10.2. The van der Waals surface area contributed by atoms with Crippen LogP contribution >= 0.6 is 23.2 Å². The molecule has 0 amide bonds. The molecule has 112 valence electrons. The number of aromatic amines is 1. The van der Waals surface area contributed by atoms with Crippen molar-refractivity contribution < 1.29 is 8.42 Å². The standard InChI is InChI=1S/C13H13Cl2N3O2S/c14-10-7-9(8-17-13(10)15)21(19,20)18-6-2-4-12(18)11-3-1-5-16-11/h1,3,5,7-8,12,16H,2,4,6H2. The second kappa shape index (κ2) is 5.61. The topological polar surface area (TPSA) is 66.1 Å². The third kappa shape index (κ3) is 2.68. The first-order chi connectivity index (χ1) is 10.00. The van der Waals surface area contributed by atoms with E-state index < -0.39 is 10.0 Å². The van der Waals surface area contributed by atoms with E-state index in [1.165, 1.54) is 16.6 Å². The van der Waals surface area contributed by atoms with Crippen LogP contribution in [-0.4, -0.2) is 29.2 Å². The molecular weight excluding hydrogens is 333 g/mol. The Balaban J connectivity index is 1.99. The van der Waals surface area contributed by atoms with Crippen molar-refractivity contribution in [3.05, 3.63) is 46.5 Å². The minimum atomic E-state index is -3.65. The molecule has 0 radical (unpaired) electrons. The molecule has 0 saturated carbocycles. The quantitative estimate of drug-likeness (QED) is 0.868. The Hall–Kier alpha value is -1.08. The van der Waals surface area contributed by atoms with Gasteiger partial charge in [0, 0.05) is 24.6 Å². The number of hydrogen-bond acceptors (Lipinski definition) is 3. The normalized spacial score (nSPS) is 20.0. The van der Waals surface area contributed by atoms with E-state index in [4.69, 9.17) is 23.2 Å². The highest BCUT2D eigenvalue weighted by molar-refractivity contribution is 7.89. The zero-order valence-corrected chi connectivity index (χ0v) is 13.3. The summed E-state index contributed by atoms with van der Waals surface area (Å²) < 4.78 is 27.0. The van der Waals surface area contributed by atoms with Crippen molar-refractivity contribution in [1.82, 2.24) is 14.3 Å². The molecule has 0 aliphatic carbocycles. The number of aromatic nitrogens is 2. The van der Waals surface area contributed by atoms with Gasteiger partial charge >= 0.3 is 0 Å². The van der Waals surface area contributed by atoms with Gasteiger partial charge in [-0.3, -0.25) is 0 Å². The third-order valence-electron chi connectivity index (χ3n) is 3.56. The molecule has 5 nitrogen and oxygen atoms in total. The summed E-state index contributed by atoms with van der Waals surface area (Å²) in [5.41, 5.74) is 0.893. The van der Waals surface area contributed by atoms with Crippen molar-refractivity contribution in [2.45, 2.75) is 23.8 Å². The predicted molar refractivity (Wildman–Crippen MR) is 80.9 cm³/mol. The lowest BCUT2D eigenvalue weighted by Crippen LogP contribution is -2.31. The van der Waals surface area contributed by atoms with Crippen LogP contribution in [0.1, 0.15) is 24.6 Å². The van der Waals surface area contributed by atoms with Crippen LogP contribution in [0.3, 0.4) is 0 Å². The van der Waals surface area contributed by atoms with Gasteiger partial charge in [-0.05, 0) is 31.0 Å².